The highest BCUT2D eigenvalue weighted by Crippen LogP contribution is 2.14. The van der Waals surface area contributed by atoms with Gasteiger partial charge in [-0.05, 0) is 49.2 Å². The molecule has 2 aromatic carbocycles. The van der Waals surface area contributed by atoms with Gasteiger partial charge in [0.1, 0.15) is 30.8 Å². The lowest BCUT2D eigenvalue weighted by atomic mass is 10.2. The van der Waals surface area contributed by atoms with Crippen LogP contribution in [0.2, 0.25) is 0 Å². The van der Waals surface area contributed by atoms with E-state index in [1.807, 2.05) is 62.4 Å². The van der Waals surface area contributed by atoms with Crippen molar-refractivity contribution in [3.05, 3.63) is 59.7 Å². The number of aryl methyl sites for hydroxylation is 2. The van der Waals surface area contributed by atoms with E-state index >= 15 is 0 Å². The number of aliphatic hydroxyl groups excluding tert-OH is 1. The Bertz CT molecular complexity index is 502. The van der Waals surface area contributed by atoms with Crippen molar-refractivity contribution in [1.82, 2.24) is 0 Å². The number of hydrogen-bond donors (Lipinski definition) is 1. The highest BCUT2D eigenvalue weighted by Gasteiger charge is 2.07. The molecule has 0 heterocycles. The molecule has 0 aliphatic rings. The molecule has 3 heteroatoms. The van der Waals surface area contributed by atoms with Crippen LogP contribution in [0.3, 0.4) is 0 Å². The Morgan fingerprint density at radius 1 is 0.850 bits per heavy atom. The van der Waals surface area contributed by atoms with Gasteiger partial charge in [-0.3, -0.25) is 0 Å². The molecule has 0 unspecified atom stereocenters. The van der Waals surface area contributed by atoms with E-state index in [0.717, 1.165) is 22.6 Å². The first-order valence-corrected chi connectivity index (χ1v) is 6.70. The van der Waals surface area contributed by atoms with Crippen LogP contribution in [-0.2, 0) is 0 Å². The zero-order chi connectivity index (χ0) is 14.4. The van der Waals surface area contributed by atoms with Crippen molar-refractivity contribution in [2.75, 3.05) is 13.2 Å². The molecule has 1 N–H and O–H groups in total. The molecule has 2 aromatic rings. The van der Waals surface area contributed by atoms with Crippen LogP contribution in [0.25, 0.3) is 0 Å². The van der Waals surface area contributed by atoms with Crippen molar-refractivity contribution in [3.8, 4) is 11.5 Å². The fraction of sp³-hybridized carbons (Fsp3) is 0.294. The monoisotopic (exact) mass is 272 g/mol. The predicted octanol–water partition coefficient (Wildman–Crippen LogP) is 3.12. The SMILES string of the molecule is Cc1cccc(OCC(O)COc2cccc(C)c2)c1. The molecule has 2 rings (SSSR count). The molecule has 20 heavy (non-hydrogen) atoms. The van der Waals surface area contributed by atoms with E-state index in [2.05, 4.69) is 0 Å². The third-order valence-electron chi connectivity index (χ3n) is 2.86. The lowest BCUT2D eigenvalue weighted by molar-refractivity contribution is 0.0626. The molecule has 0 bridgehead atoms. The Kier molecular flexibility index (Phi) is 5.02. The summed E-state index contributed by atoms with van der Waals surface area (Å²) in [7, 11) is 0. The molecule has 0 saturated heterocycles. The number of benzene rings is 2. The molecule has 0 radical (unpaired) electrons. The van der Waals surface area contributed by atoms with E-state index in [9.17, 15) is 5.11 Å². The largest absolute Gasteiger partial charge is 0.491 e. The minimum absolute atomic E-state index is 0.218. The Morgan fingerprint density at radius 2 is 1.30 bits per heavy atom. The van der Waals surface area contributed by atoms with Gasteiger partial charge in [-0.2, -0.15) is 0 Å². The van der Waals surface area contributed by atoms with Gasteiger partial charge >= 0.3 is 0 Å². The molecule has 0 spiro atoms. The van der Waals surface area contributed by atoms with Crippen LogP contribution < -0.4 is 9.47 Å². The van der Waals surface area contributed by atoms with Crippen molar-refractivity contribution >= 4 is 0 Å². The molecule has 0 atom stereocenters. The lowest BCUT2D eigenvalue weighted by Crippen LogP contribution is -2.25. The number of ether oxygens (including phenoxy) is 2. The van der Waals surface area contributed by atoms with Gasteiger partial charge in [0, 0.05) is 0 Å². The second kappa shape index (κ2) is 6.96. The summed E-state index contributed by atoms with van der Waals surface area (Å²) in [5, 5.41) is 9.86. The Morgan fingerprint density at radius 3 is 1.70 bits per heavy atom. The molecular weight excluding hydrogens is 252 g/mol. The fourth-order valence-corrected chi connectivity index (χ4v) is 1.84. The van der Waals surface area contributed by atoms with Gasteiger partial charge in [-0.1, -0.05) is 24.3 Å². The van der Waals surface area contributed by atoms with E-state index < -0.39 is 6.10 Å². The summed E-state index contributed by atoms with van der Waals surface area (Å²) in [6.07, 6.45) is -0.656. The number of aliphatic hydroxyl groups is 1. The van der Waals surface area contributed by atoms with Crippen molar-refractivity contribution in [2.45, 2.75) is 20.0 Å². The minimum atomic E-state index is -0.656. The summed E-state index contributed by atoms with van der Waals surface area (Å²) in [5.41, 5.74) is 2.26. The van der Waals surface area contributed by atoms with Crippen LogP contribution >= 0.6 is 0 Å². The second-order valence-electron chi connectivity index (χ2n) is 4.91. The van der Waals surface area contributed by atoms with Crippen LogP contribution in [-0.4, -0.2) is 24.4 Å². The Labute approximate surface area is 119 Å². The molecule has 0 aliphatic carbocycles. The van der Waals surface area contributed by atoms with E-state index in [-0.39, 0.29) is 13.2 Å². The van der Waals surface area contributed by atoms with Gasteiger partial charge in [-0.15, -0.1) is 0 Å². The third-order valence-corrected chi connectivity index (χ3v) is 2.86. The summed E-state index contributed by atoms with van der Waals surface area (Å²) >= 11 is 0. The fourth-order valence-electron chi connectivity index (χ4n) is 1.84. The quantitative estimate of drug-likeness (QED) is 0.878. The van der Waals surface area contributed by atoms with Gasteiger partial charge in [0.2, 0.25) is 0 Å². The minimum Gasteiger partial charge on any atom is -0.491 e. The van der Waals surface area contributed by atoms with E-state index in [1.54, 1.807) is 0 Å². The maximum atomic E-state index is 9.86. The molecular formula is C17H20O3. The average Bonchev–Trinajstić information content (AvgIpc) is 2.43. The second-order valence-corrected chi connectivity index (χ2v) is 4.91. The summed E-state index contributed by atoms with van der Waals surface area (Å²) in [4.78, 5) is 0. The third kappa shape index (κ3) is 4.59. The molecule has 0 aromatic heterocycles. The number of rotatable bonds is 6. The van der Waals surface area contributed by atoms with Crippen molar-refractivity contribution in [3.63, 3.8) is 0 Å². The topological polar surface area (TPSA) is 38.7 Å². The zero-order valence-electron chi connectivity index (χ0n) is 11.9. The normalized spacial score (nSPS) is 10.6. The predicted molar refractivity (Wildman–Crippen MR) is 79.4 cm³/mol. The van der Waals surface area contributed by atoms with Crippen LogP contribution in [0, 0.1) is 13.8 Å². The highest BCUT2D eigenvalue weighted by atomic mass is 16.5. The first-order chi connectivity index (χ1) is 9.63. The van der Waals surface area contributed by atoms with E-state index in [0.29, 0.717) is 0 Å². The van der Waals surface area contributed by atoms with E-state index in [1.165, 1.54) is 0 Å². The number of hydrogen-bond acceptors (Lipinski definition) is 3. The maximum Gasteiger partial charge on any atom is 0.122 e. The molecule has 0 fully saturated rings. The molecule has 0 aliphatic heterocycles. The Hall–Kier alpha value is -2.00. The molecule has 106 valence electrons. The first-order valence-electron chi connectivity index (χ1n) is 6.70. The van der Waals surface area contributed by atoms with Gasteiger partial charge in [0.05, 0.1) is 0 Å². The maximum absolute atomic E-state index is 9.86. The zero-order valence-corrected chi connectivity index (χ0v) is 11.9. The molecule has 3 nitrogen and oxygen atoms in total. The summed E-state index contributed by atoms with van der Waals surface area (Å²) in [5.74, 6) is 1.53. The molecule has 0 amide bonds. The highest BCUT2D eigenvalue weighted by molar-refractivity contribution is 5.28. The molecule has 0 saturated carbocycles. The van der Waals surface area contributed by atoms with E-state index in [4.69, 9.17) is 9.47 Å². The average molecular weight is 272 g/mol. The smallest absolute Gasteiger partial charge is 0.122 e. The Balaban J connectivity index is 1.77. The van der Waals surface area contributed by atoms with Crippen molar-refractivity contribution in [1.29, 1.82) is 0 Å². The standard InChI is InChI=1S/C17H20O3/c1-13-5-3-7-16(9-13)19-11-15(18)12-20-17-8-4-6-14(2)10-17/h3-10,15,18H,11-12H2,1-2H3. The summed E-state index contributed by atoms with van der Waals surface area (Å²) < 4.78 is 11.1. The first kappa shape index (κ1) is 14.4. The van der Waals surface area contributed by atoms with Crippen LogP contribution in [0.4, 0.5) is 0 Å². The van der Waals surface area contributed by atoms with Gasteiger partial charge in [0.25, 0.3) is 0 Å². The van der Waals surface area contributed by atoms with Gasteiger partial charge < -0.3 is 14.6 Å². The van der Waals surface area contributed by atoms with Crippen LogP contribution in [0.5, 0.6) is 11.5 Å². The summed E-state index contributed by atoms with van der Waals surface area (Å²) in [6, 6.07) is 15.5. The van der Waals surface area contributed by atoms with Gasteiger partial charge in [-0.25, -0.2) is 0 Å². The van der Waals surface area contributed by atoms with Crippen molar-refractivity contribution in [2.24, 2.45) is 0 Å². The lowest BCUT2D eigenvalue weighted by Gasteiger charge is -2.14. The van der Waals surface area contributed by atoms with Crippen molar-refractivity contribution < 1.29 is 14.6 Å². The summed E-state index contributed by atoms with van der Waals surface area (Å²) in [6.45, 7) is 4.44. The van der Waals surface area contributed by atoms with Crippen LogP contribution in [0.15, 0.2) is 48.5 Å². The van der Waals surface area contributed by atoms with Crippen LogP contribution in [0.1, 0.15) is 11.1 Å². The van der Waals surface area contributed by atoms with Gasteiger partial charge in [0.15, 0.2) is 0 Å².